The number of amides is 1. The van der Waals surface area contributed by atoms with Gasteiger partial charge in [-0.05, 0) is 40.6 Å². The summed E-state index contributed by atoms with van der Waals surface area (Å²) in [6.45, 7) is 2.39. The minimum atomic E-state index is -0.726. The van der Waals surface area contributed by atoms with E-state index in [2.05, 4.69) is 20.5 Å². The number of rotatable bonds is 8. The van der Waals surface area contributed by atoms with E-state index in [4.69, 9.17) is 5.73 Å². The Kier molecular flexibility index (Phi) is 6.62. The molecule has 0 bridgehead atoms. The molecule has 0 atom stereocenters. The van der Waals surface area contributed by atoms with Gasteiger partial charge in [-0.15, -0.1) is 5.10 Å². The van der Waals surface area contributed by atoms with Gasteiger partial charge in [-0.1, -0.05) is 49.7 Å². The standard InChI is InChI=1S/C23H24N8O3/c1-2-3-12-29-20(24)19(21(32)26-23(29)34)30(14-16-8-5-4-6-9-16)22(33)17-10-7-11-18(13-17)31-15-25-27-28-31/h4-11,13,15H,2-3,12,14,24H2,1H3,(H,26,32,34). The van der Waals surface area contributed by atoms with Crippen LogP contribution < -0.4 is 21.9 Å². The third-order valence-corrected chi connectivity index (χ3v) is 5.35. The zero-order valence-corrected chi connectivity index (χ0v) is 18.6. The summed E-state index contributed by atoms with van der Waals surface area (Å²) in [4.78, 5) is 42.7. The Labute approximate surface area is 194 Å². The molecule has 4 rings (SSSR count). The largest absolute Gasteiger partial charge is 0.383 e. The molecule has 11 nitrogen and oxygen atoms in total. The second kappa shape index (κ2) is 9.94. The topological polar surface area (TPSA) is 145 Å². The van der Waals surface area contributed by atoms with Crippen molar-refractivity contribution in [3.05, 3.63) is 92.9 Å². The van der Waals surface area contributed by atoms with Gasteiger partial charge in [0, 0.05) is 12.1 Å². The molecule has 0 fully saturated rings. The third-order valence-electron chi connectivity index (χ3n) is 5.35. The number of carbonyl (C=O) groups excluding carboxylic acids is 1. The molecule has 0 saturated heterocycles. The number of nitrogens with zero attached hydrogens (tertiary/aromatic N) is 6. The highest BCUT2D eigenvalue weighted by atomic mass is 16.2. The van der Waals surface area contributed by atoms with Crippen molar-refractivity contribution in [1.29, 1.82) is 0 Å². The molecule has 11 heteroatoms. The fraction of sp³-hybridized carbons (Fsp3) is 0.217. The minimum Gasteiger partial charge on any atom is -0.383 e. The number of tetrazole rings is 1. The SMILES string of the molecule is CCCCn1c(N)c(N(Cc2ccccc2)C(=O)c2cccc(-n3cnnn3)c2)c(=O)[nH]c1=O. The number of carbonyl (C=O) groups is 1. The molecular formula is C23H24N8O3. The Bertz CT molecular complexity index is 1390. The zero-order chi connectivity index (χ0) is 24.1. The van der Waals surface area contributed by atoms with Crippen LogP contribution in [0.3, 0.4) is 0 Å². The maximum Gasteiger partial charge on any atom is 0.330 e. The maximum absolute atomic E-state index is 13.8. The van der Waals surface area contributed by atoms with Crippen molar-refractivity contribution >= 4 is 17.4 Å². The highest BCUT2D eigenvalue weighted by molar-refractivity contribution is 6.07. The Balaban J connectivity index is 1.83. The molecule has 0 spiro atoms. The minimum absolute atomic E-state index is 0.0527. The lowest BCUT2D eigenvalue weighted by Crippen LogP contribution is -2.41. The van der Waals surface area contributed by atoms with Gasteiger partial charge < -0.3 is 5.73 Å². The molecule has 2 aromatic carbocycles. The number of benzene rings is 2. The number of unbranched alkanes of at least 4 members (excludes halogenated alkanes) is 1. The Morgan fingerprint density at radius 1 is 1.12 bits per heavy atom. The first-order chi connectivity index (χ1) is 16.5. The van der Waals surface area contributed by atoms with Gasteiger partial charge in [0.05, 0.1) is 12.2 Å². The molecule has 174 valence electrons. The number of nitrogens with two attached hydrogens (primary N) is 1. The Morgan fingerprint density at radius 2 is 1.91 bits per heavy atom. The van der Waals surface area contributed by atoms with Crippen LogP contribution in [0, 0.1) is 0 Å². The van der Waals surface area contributed by atoms with E-state index in [0.29, 0.717) is 24.2 Å². The summed E-state index contributed by atoms with van der Waals surface area (Å²) in [5.41, 5.74) is 6.58. The maximum atomic E-state index is 13.8. The van der Waals surface area contributed by atoms with Crippen molar-refractivity contribution in [2.75, 3.05) is 10.6 Å². The highest BCUT2D eigenvalue weighted by Gasteiger charge is 2.26. The molecule has 0 aliphatic heterocycles. The van der Waals surface area contributed by atoms with Gasteiger partial charge in [0.25, 0.3) is 11.5 Å². The second-order valence-electron chi connectivity index (χ2n) is 7.68. The van der Waals surface area contributed by atoms with Crippen LogP contribution in [0.25, 0.3) is 5.69 Å². The first-order valence-corrected chi connectivity index (χ1v) is 10.8. The fourth-order valence-corrected chi connectivity index (χ4v) is 3.61. The summed E-state index contributed by atoms with van der Waals surface area (Å²) in [5.74, 6) is -0.514. The smallest absolute Gasteiger partial charge is 0.330 e. The number of nitrogens with one attached hydrogen (secondary N) is 1. The number of hydrogen-bond donors (Lipinski definition) is 2. The van der Waals surface area contributed by atoms with E-state index in [0.717, 1.165) is 12.0 Å². The summed E-state index contributed by atoms with van der Waals surface area (Å²) >= 11 is 0. The van der Waals surface area contributed by atoms with Crippen LogP contribution in [0.4, 0.5) is 11.5 Å². The molecule has 0 aliphatic rings. The Hall–Kier alpha value is -4.54. The first-order valence-electron chi connectivity index (χ1n) is 10.8. The highest BCUT2D eigenvalue weighted by Crippen LogP contribution is 2.23. The lowest BCUT2D eigenvalue weighted by Gasteiger charge is -2.25. The van der Waals surface area contributed by atoms with Gasteiger partial charge >= 0.3 is 5.69 Å². The van der Waals surface area contributed by atoms with Crippen LogP contribution in [-0.2, 0) is 13.1 Å². The fourth-order valence-electron chi connectivity index (χ4n) is 3.61. The van der Waals surface area contributed by atoms with Crippen LogP contribution in [0.15, 0.2) is 70.5 Å². The van der Waals surface area contributed by atoms with Crippen LogP contribution in [-0.4, -0.2) is 35.7 Å². The first kappa shape index (κ1) is 22.6. The van der Waals surface area contributed by atoms with E-state index in [-0.39, 0.29) is 18.1 Å². The predicted molar refractivity (Wildman–Crippen MR) is 127 cm³/mol. The van der Waals surface area contributed by atoms with Crippen molar-refractivity contribution in [3.8, 4) is 5.69 Å². The van der Waals surface area contributed by atoms with E-state index in [1.54, 1.807) is 24.3 Å². The summed E-state index contributed by atoms with van der Waals surface area (Å²) in [6, 6.07) is 15.9. The van der Waals surface area contributed by atoms with Crippen molar-refractivity contribution in [2.45, 2.75) is 32.9 Å². The molecule has 0 unspecified atom stereocenters. The van der Waals surface area contributed by atoms with E-state index in [1.165, 1.54) is 20.5 Å². The quantitative estimate of drug-likeness (QED) is 0.407. The van der Waals surface area contributed by atoms with Gasteiger partial charge in [-0.2, -0.15) is 0 Å². The third kappa shape index (κ3) is 4.63. The van der Waals surface area contributed by atoms with E-state index < -0.39 is 17.2 Å². The van der Waals surface area contributed by atoms with Crippen LogP contribution in [0.5, 0.6) is 0 Å². The zero-order valence-electron chi connectivity index (χ0n) is 18.6. The molecule has 0 saturated carbocycles. The number of hydrogen-bond acceptors (Lipinski definition) is 7. The Morgan fingerprint density at radius 3 is 2.62 bits per heavy atom. The van der Waals surface area contributed by atoms with Crippen LogP contribution in [0.1, 0.15) is 35.7 Å². The predicted octanol–water partition coefficient (Wildman–Crippen LogP) is 1.74. The summed E-state index contributed by atoms with van der Waals surface area (Å²) in [7, 11) is 0. The van der Waals surface area contributed by atoms with Crippen molar-refractivity contribution in [2.24, 2.45) is 0 Å². The monoisotopic (exact) mass is 460 g/mol. The molecule has 1 amide bonds. The lowest BCUT2D eigenvalue weighted by molar-refractivity contribution is 0.0984. The second-order valence-corrected chi connectivity index (χ2v) is 7.68. The number of nitrogen functional groups attached to an aromatic ring is 1. The molecule has 3 N–H and O–H groups in total. The molecule has 0 aliphatic carbocycles. The van der Waals surface area contributed by atoms with Gasteiger partial charge in [-0.3, -0.25) is 24.0 Å². The number of aromatic amines is 1. The summed E-state index contributed by atoms with van der Waals surface area (Å²) < 4.78 is 2.72. The van der Waals surface area contributed by atoms with Crippen molar-refractivity contribution in [1.82, 2.24) is 29.8 Å². The normalized spacial score (nSPS) is 10.9. The lowest BCUT2D eigenvalue weighted by atomic mass is 10.1. The average Bonchev–Trinajstić information content (AvgIpc) is 3.39. The van der Waals surface area contributed by atoms with E-state index in [9.17, 15) is 14.4 Å². The number of H-pyrrole nitrogens is 1. The molecule has 4 aromatic rings. The van der Waals surface area contributed by atoms with Gasteiger partial charge in [0.15, 0.2) is 5.69 Å². The van der Waals surface area contributed by atoms with E-state index in [1.807, 2.05) is 37.3 Å². The van der Waals surface area contributed by atoms with Crippen LogP contribution in [0.2, 0.25) is 0 Å². The van der Waals surface area contributed by atoms with Gasteiger partial charge in [-0.25, -0.2) is 9.48 Å². The number of aromatic nitrogens is 6. The van der Waals surface area contributed by atoms with Crippen LogP contribution >= 0.6 is 0 Å². The molecule has 2 aromatic heterocycles. The molecule has 0 radical (unpaired) electrons. The van der Waals surface area contributed by atoms with E-state index >= 15 is 0 Å². The summed E-state index contributed by atoms with van der Waals surface area (Å²) in [6.07, 6.45) is 2.94. The summed E-state index contributed by atoms with van der Waals surface area (Å²) in [5, 5.41) is 11.1. The average molecular weight is 460 g/mol. The van der Waals surface area contributed by atoms with Gasteiger partial charge in [0.2, 0.25) is 0 Å². The molecular weight excluding hydrogens is 436 g/mol. The number of anilines is 2. The van der Waals surface area contributed by atoms with Crippen molar-refractivity contribution in [3.63, 3.8) is 0 Å². The van der Waals surface area contributed by atoms with Crippen molar-refractivity contribution < 1.29 is 4.79 Å². The molecule has 34 heavy (non-hydrogen) atoms. The van der Waals surface area contributed by atoms with Gasteiger partial charge in [0.1, 0.15) is 12.1 Å². The molecule has 2 heterocycles.